The van der Waals surface area contributed by atoms with E-state index < -0.39 is 0 Å². The molecule has 0 fully saturated rings. The molecule has 0 radical (unpaired) electrons. The fourth-order valence-corrected chi connectivity index (χ4v) is 1.13. The molecule has 2 nitrogen and oxygen atoms in total. The standard InChI is InChI=1S/C12H26N2S/c1-6-7-8-13-11(15)14-9-12(4,5)10(2)3/h10H,6-9H2,1-5H3,(H2,13,14,15). The van der Waals surface area contributed by atoms with Crippen LogP contribution >= 0.6 is 12.2 Å². The van der Waals surface area contributed by atoms with Crippen molar-refractivity contribution in [2.75, 3.05) is 13.1 Å². The van der Waals surface area contributed by atoms with Gasteiger partial charge in [0, 0.05) is 13.1 Å². The number of hydrogen-bond acceptors (Lipinski definition) is 1. The Morgan fingerprint density at radius 1 is 1.27 bits per heavy atom. The third-order valence-corrected chi connectivity index (χ3v) is 3.37. The summed E-state index contributed by atoms with van der Waals surface area (Å²) in [6.07, 6.45) is 2.38. The van der Waals surface area contributed by atoms with Crippen LogP contribution in [0.4, 0.5) is 0 Å². The van der Waals surface area contributed by atoms with Crippen LogP contribution in [-0.2, 0) is 0 Å². The van der Waals surface area contributed by atoms with Crippen LogP contribution in [0.1, 0.15) is 47.5 Å². The van der Waals surface area contributed by atoms with Gasteiger partial charge in [0.15, 0.2) is 5.11 Å². The molecule has 0 atom stereocenters. The Bertz CT molecular complexity index is 188. The first kappa shape index (κ1) is 14.7. The topological polar surface area (TPSA) is 24.1 Å². The van der Waals surface area contributed by atoms with Crippen molar-refractivity contribution >= 4 is 17.3 Å². The fraction of sp³-hybridized carbons (Fsp3) is 0.917. The Hall–Kier alpha value is -0.310. The van der Waals surface area contributed by atoms with Crippen LogP contribution in [0.5, 0.6) is 0 Å². The van der Waals surface area contributed by atoms with Crippen LogP contribution in [0.25, 0.3) is 0 Å². The van der Waals surface area contributed by atoms with Crippen molar-refractivity contribution in [3.63, 3.8) is 0 Å². The number of hydrogen-bond donors (Lipinski definition) is 2. The minimum atomic E-state index is 0.288. The van der Waals surface area contributed by atoms with Gasteiger partial charge in [0.1, 0.15) is 0 Å². The highest BCUT2D eigenvalue weighted by molar-refractivity contribution is 7.80. The Balaban J connectivity index is 3.71. The van der Waals surface area contributed by atoms with Gasteiger partial charge in [-0.05, 0) is 30.0 Å². The molecule has 0 amide bonds. The van der Waals surface area contributed by atoms with E-state index in [1.54, 1.807) is 0 Å². The number of thiocarbonyl (C=S) groups is 1. The number of rotatable bonds is 6. The molecule has 15 heavy (non-hydrogen) atoms. The van der Waals surface area contributed by atoms with E-state index in [2.05, 4.69) is 45.3 Å². The molecule has 0 saturated heterocycles. The van der Waals surface area contributed by atoms with Crippen LogP contribution in [0, 0.1) is 11.3 Å². The summed E-state index contributed by atoms with van der Waals surface area (Å²) in [5.74, 6) is 0.656. The average Bonchev–Trinajstić information content (AvgIpc) is 2.15. The molecule has 0 bridgehead atoms. The van der Waals surface area contributed by atoms with Crippen molar-refractivity contribution in [2.45, 2.75) is 47.5 Å². The molecule has 0 spiro atoms. The molecule has 0 aromatic heterocycles. The summed E-state index contributed by atoms with van der Waals surface area (Å²) in [5, 5.41) is 7.29. The van der Waals surface area contributed by atoms with E-state index in [9.17, 15) is 0 Å². The molecule has 0 aliphatic heterocycles. The molecule has 0 aromatic rings. The van der Waals surface area contributed by atoms with Gasteiger partial charge >= 0.3 is 0 Å². The minimum Gasteiger partial charge on any atom is -0.363 e. The average molecular weight is 230 g/mol. The second-order valence-corrected chi connectivity index (χ2v) is 5.51. The number of unbranched alkanes of at least 4 members (excludes halogenated alkanes) is 1. The van der Waals surface area contributed by atoms with Gasteiger partial charge in [0.05, 0.1) is 0 Å². The first-order chi connectivity index (χ1) is 6.90. The van der Waals surface area contributed by atoms with Crippen molar-refractivity contribution in [3.05, 3.63) is 0 Å². The molecular weight excluding hydrogens is 204 g/mol. The van der Waals surface area contributed by atoms with Gasteiger partial charge in [0.25, 0.3) is 0 Å². The molecule has 0 aromatic carbocycles. The van der Waals surface area contributed by atoms with Crippen LogP contribution in [0.15, 0.2) is 0 Å². The fourth-order valence-electron chi connectivity index (χ4n) is 0.953. The first-order valence-corrected chi connectivity index (χ1v) is 6.32. The van der Waals surface area contributed by atoms with Crippen LogP contribution < -0.4 is 10.6 Å². The Morgan fingerprint density at radius 2 is 1.87 bits per heavy atom. The third kappa shape index (κ3) is 6.72. The summed E-state index contributed by atoms with van der Waals surface area (Å²) in [6, 6.07) is 0. The predicted octanol–water partition coefficient (Wildman–Crippen LogP) is 2.93. The van der Waals surface area contributed by atoms with Gasteiger partial charge in [-0.25, -0.2) is 0 Å². The Labute approximate surface area is 100 Å². The largest absolute Gasteiger partial charge is 0.363 e. The van der Waals surface area contributed by atoms with Crippen molar-refractivity contribution in [1.29, 1.82) is 0 Å². The summed E-state index contributed by atoms with van der Waals surface area (Å²) in [7, 11) is 0. The SMILES string of the molecule is CCCCNC(=S)NCC(C)(C)C(C)C. The van der Waals surface area contributed by atoms with Gasteiger partial charge in [-0.1, -0.05) is 41.0 Å². The van der Waals surface area contributed by atoms with Crippen molar-refractivity contribution in [3.8, 4) is 0 Å². The van der Waals surface area contributed by atoms with Gasteiger partial charge in [-0.3, -0.25) is 0 Å². The maximum Gasteiger partial charge on any atom is 0.166 e. The Morgan fingerprint density at radius 3 is 2.33 bits per heavy atom. The van der Waals surface area contributed by atoms with E-state index >= 15 is 0 Å². The summed E-state index contributed by atoms with van der Waals surface area (Å²) in [5.41, 5.74) is 0.288. The summed E-state index contributed by atoms with van der Waals surface area (Å²) < 4.78 is 0. The summed E-state index contributed by atoms with van der Waals surface area (Å²) >= 11 is 5.20. The zero-order chi connectivity index (χ0) is 11.9. The second kappa shape index (κ2) is 7.04. The van der Waals surface area contributed by atoms with E-state index in [0.717, 1.165) is 18.2 Å². The Kier molecular flexibility index (Phi) is 6.90. The predicted molar refractivity (Wildman–Crippen MR) is 72.1 cm³/mol. The number of nitrogens with one attached hydrogen (secondary N) is 2. The van der Waals surface area contributed by atoms with E-state index in [0.29, 0.717) is 5.92 Å². The molecule has 0 saturated carbocycles. The van der Waals surface area contributed by atoms with Crippen molar-refractivity contribution in [1.82, 2.24) is 10.6 Å². The molecule has 0 aliphatic rings. The van der Waals surface area contributed by atoms with Crippen LogP contribution in [0.3, 0.4) is 0 Å². The zero-order valence-electron chi connectivity index (χ0n) is 10.8. The lowest BCUT2D eigenvalue weighted by molar-refractivity contribution is 0.251. The van der Waals surface area contributed by atoms with E-state index in [1.165, 1.54) is 12.8 Å². The molecule has 90 valence electrons. The highest BCUT2D eigenvalue weighted by Gasteiger charge is 2.21. The normalized spacial score (nSPS) is 11.6. The smallest absolute Gasteiger partial charge is 0.166 e. The second-order valence-electron chi connectivity index (χ2n) is 5.11. The van der Waals surface area contributed by atoms with Gasteiger partial charge in [-0.15, -0.1) is 0 Å². The quantitative estimate of drug-likeness (QED) is 0.542. The van der Waals surface area contributed by atoms with Gasteiger partial charge in [0.2, 0.25) is 0 Å². The van der Waals surface area contributed by atoms with E-state index in [1.807, 2.05) is 0 Å². The van der Waals surface area contributed by atoms with Gasteiger partial charge < -0.3 is 10.6 Å². The highest BCUT2D eigenvalue weighted by Crippen LogP contribution is 2.24. The maximum absolute atomic E-state index is 5.20. The van der Waals surface area contributed by atoms with Crippen LogP contribution in [-0.4, -0.2) is 18.2 Å². The highest BCUT2D eigenvalue weighted by atomic mass is 32.1. The minimum absolute atomic E-state index is 0.288. The lowest BCUT2D eigenvalue weighted by atomic mass is 9.81. The summed E-state index contributed by atoms with van der Waals surface area (Å²) in [4.78, 5) is 0. The van der Waals surface area contributed by atoms with Crippen molar-refractivity contribution < 1.29 is 0 Å². The van der Waals surface area contributed by atoms with Gasteiger partial charge in [-0.2, -0.15) is 0 Å². The molecule has 3 heteroatoms. The first-order valence-electron chi connectivity index (χ1n) is 5.92. The van der Waals surface area contributed by atoms with E-state index in [4.69, 9.17) is 12.2 Å². The monoisotopic (exact) mass is 230 g/mol. The molecular formula is C12H26N2S. The zero-order valence-corrected chi connectivity index (χ0v) is 11.6. The third-order valence-electron chi connectivity index (χ3n) is 3.08. The molecule has 0 unspecified atom stereocenters. The molecule has 2 N–H and O–H groups in total. The van der Waals surface area contributed by atoms with Crippen LogP contribution in [0.2, 0.25) is 0 Å². The maximum atomic E-state index is 5.20. The lowest BCUT2D eigenvalue weighted by Gasteiger charge is -2.30. The van der Waals surface area contributed by atoms with Crippen molar-refractivity contribution in [2.24, 2.45) is 11.3 Å². The summed E-state index contributed by atoms with van der Waals surface area (Å²) in [6.45, 7) is 13.1. The molecule has 0 rings (SSSR count). The molecule has 0 heterocycles. The molecule has 0 aliphatic carbocycles. The lowest BCUT2D eigenvalue weighted by Crippen LogP contribution is -2.42. The van der Waals surface area contributed by atoms with E-state index in [-0.39, 0.29) is 5.41 Å².